The SMILES string of the molecule is Cc1cc(N2C(=O)N(C)C(C)(C)C2=O)cc(C)c1/C=C/S(O)(O)N1CCC2(CC1)N=C(c1cccc(OC(F)(F)F)c1)NC2=O. The van der Waals surface area contributed by atoms with Gasteiger partial charge >= 0.3 is 12.4 Å². The van der Waals surface area contributed by atoms with Crippen LogP contribution < -0.4 is 15.0 Å². The third-order valence-corrected chi connectivity index (χ3v) is 10.2. The molecule has 11 nitrogen and oxygen atoms in total. The maximum atomic E-state index is 13.0. The molecule has 3 N–H and O–H groups in total. The largest absolute Gasteiger partial charge is 0.573 e. The van der Waals surface area contributed by atoms with Gasteiger partial charge in [0, 0.05) is 31.1 Å². The molecule has 2 aromatic rings. The van der Waals surface area contributed by atoms with Crippen molar-refractivity contribution in [3.05, 3.63) is 64.1 Å². The van der Waals surface area contributed by atoms with Crippen molar-refractivity contribution in [2.75, 3.05) is 25.0 Å². The van der Waals surface area contributed by atoms with Gasteiger partial charge in [0.1, 0.15) is 22.7 Å². The Morgan fingerprint density at radius 2 is 1.67 bits per heavy atom. The minimum Gasteiger partial charge on any atom is -0.406 e. The molecule has 45 heavy (non-hydrogen) atoms. The van der Waals surface area contributed by atoms with Crippen molar-refractivity contribution in [2.24, 2.45) is 4.99 Å². The average molecular weight is 650 g/mol. The molecule has 0 atom stereocenters. The minimum absolute atomic E-state index is 0.119. The smallest absolute Gasteiger partial charge is 0.406 e. The first-order valence-corrected chi connectivity index (χ1v) is 15.6. The van der Waals surface area contributed by atoms with E-state index in [2.05, 4.69) is 15.0 Å². The van der Waals surface area contributed by atoms with Gasteiger partial charge in [0.15, 0.2) is 0 Å². The van der Waals surface area contributed by atoms with Crippen molar-refractivity contribution >= 4 is 46.2 Å². The third-order valence-electron chi connectivity index (χ3n) is 8.55. The number of aliphatic imine (C=N–C) groups is 1. The van der Waals surface area contributed by atoms with Crippen molar-refractivity contribution in [2.45, 2.75) is 58.0 Å². The Balaban J connectivity index is 1.29. The number of piperidine rings is 1. The zero-order valence-electron chi connectivity index (χ0n) is 25.3. The lowest BCUT2D eigenvalue weighted by Crippen LogP contribution is -2.49. The standard InChI is InChI=1S/C30H34F3N5O6S/c1-18-15-21(38-26(40)28(3,4)36(5)27(38)41)16-19(2)23(18)9-14-45(42,43)37-12-10-29(11-13-37)25(39)34-24(35-29)20-7-6-8-22(17-20)44-30(31,32)33/h6-9,14-17,42-43H,10-13H2,1-5H3,(H,34,35,39)/b14-9+. The number of carbonyl (C=O) groups is 3. The van der Waals surface area contributed by atoms with Gasteiger partial charge in [-0.3, -0.25) is 23.7 Å². The van der Waals surface area contributed by atoms with Gasteiger partial charge in [-0.1, -0.05) is 12.1 Å². The number of halogens is 3. The molecule has 3 heterocycles. The van der Waals surface area contributed by atoms with Crippen LogP contribution in [0.2, 0.25) is 0 Å². The van der Waals surface area contributed by atoms with Gasteiger partial charge in [0.2, 0.25) is 0 Å². The number of likely N-dealkylation sites (N-methyl/N-ethyl adjacent to an activating group) is 1. The van der Waals surface area contributed by atoms with Gasteiger partial charge < -0.3 is 15.0 Å². The highest BCUT2D eigenvalue weighted by atomic mass is 32.3. The zero-order valence-corrected chi connectivity index (χ0v) is 26.1. The first-order chi connectivity index (χ1) is 20.8. The van der Waals surface area contributed by atoms with Gasteiger partial charge in [-0.05, 0) is 87.6 Å². The van der Waals surface area contributed by atoms with E-state index in [9.17, 15) is 36.7 Å². The second-order valence-electron chi connectivity index (χ2n) is 11.8. The van der Waals surface area contributed by atoms with Crippen molar-refractivity contribution < 1.29 is 41.4 Å². The van der Waals surface area contributed by atoms with Gasteiger partial charge in [-0.25, -0.2) is 14.0 Å². The van der Waals surface area contributed by atoms with Gasteiger partial charge in [-0.15, -0.1) is 23.9 Å². The quantitative estimate of drug-likeness (QED) is 0.356. The molecule has 3 aliphatic rings. The van der Waals surface area contributed by atoms with Crippen LogP contribution in [-0.2, 0) is 9.59 Å². The van der Waals surface area contributed by atoms with Crippen LogP contribution in [0.1, 0.15) is 48.9 Å². The number of nitrogens with one attached hydrogen (secondary N) is 1. The van der Waals surface area contributed by atoms with Crippen LogP contribution in [0.25, 0.3) is 6.08 Å². The fourth-order valence-electron chi connectivity index (χ4n) is 5.67. The number of hydrogen-bond acceptors (Lipinski definition) is 8. The van der Waals surface area contributed by atoms with E-state index >= 15 is 0 Å². The van der Waals surface area contributed by atoms with Crippen molar-refractivity contribution in [1.82, 2.24) is 14.5 Å². The number of amides is 4. The van der Waals surface area contributed by atoms with E-state index in [-0.39, 0.29) is 43.2 Å². The summed E-state index contributed by atoms with van der Waals surface area (Å²) in [6, 6.07) is 8.13. The number of hydrogen-bond donors (Lipinski definition) is 3. The van der Waals surface area contributed by atoms with Crippen LogP contribution in [0, 0.1) is 13.8 Å². The minimum atomic E-state index is -4.87. The lowest BCUT2D eigenvalue weighted by Gasteiger charge is -2.45. The summed E-state index contributed by atoms with van der Waals surface area (Å²) in [6.07, 6.45) is -2.97. The third kappa shape index (κ3) is 6.04. The van der Waals surface area contributed by atoms with Gasteiger partial charge in [0.05, 0.1) is 5.69 Å². The first kappa shape index (κ1) is 32.5. The molecule has 2 saturated heterocycles. The van der Waals surface area contributed by atoms with Crippen LogP contribution in [0.15, 0.2) is 46.8 Å². The lowest BCUT2D eigenvalue weighted by molar-refractivity contribution is -0.274. The molecule has 4 amide bonds. The summed E-state index contributed by atoms with van der Waals surface area (Å²) in [4.78, 5) is 45.8. The molecule has 5 rings (SSSR count). The van der Waals surface area contributed by atoms with E-state index in [1.807, 2.05) is 0 Å². The van der Waals surface area contributed by atoms with Gasteiger partial charge in [0.25, 0.3) is 11.8 Å². The molecule has 15 heteroatoms. The molecule has 2 fully saturated rings. The van der Waals surface area contributed by atoms with E-state index in [0.717, 1.165) is 28.2 Å². The van der Waals surface area contributed by atoms with Crippen molar-refractivity contribution in [3.8, 4) is 5.75 Å². The number of anilines is 1. The van der Waals surface area contributed by atoms with E-state index in [0.29, 0.717) is 11.3 Å². The van der Waals surface area contributed by atoms with E-state index in [1.165, 1.54) is 26.7 Å². The Labute approximate surface area is 259 Å². The van der Waals surface area contributed by atoms with Crippen LogP contribution >= 0.6 is 10.8 Å². The first-order valence-electron chi connectivity index (χ1n) is 14.1. The summed E-state index contributed by atoms with van der Waals surface area (Å²) in [6.45, 7) is 7.19. The van der Waals surface area contributed by atoms with Crippen LogP contribution in [0.4, 0.5) is 23.7 Å². The predicted octanol–water partition coefficient (Wildman–Crippen LogP) is 5.43. The Kier molecular flexibility index (Phi) is 8.05. The second kappa shape index (κ2) is 11.2. The molecule has 3 aliphatic heterocycles. The number of urea groups is 1. The normalized spacial score (nSPS) is 20.8. The number of benzene rings is 2. The number of alkyl halides is 3. The molecule has 0 saturated carbocycles. The van der Waals surface area contributed by atoms with Crippen LogP contribution in [0.3, 0.4) is 0 Å². The van der Waals surface area contributed by atoms with Crippen molar-refractivity contribution in [1.29, 1.82) is 0 Å². The number of ether oxygens (including phenoxy) is 1. The molecule has 0 aliphatic carbocycles. The molecule has 1 spiro atoms. The zero-order chi connectivity index (χ0) is 33.1. The summed E-state index contributed by atoms with van der Waals surface area (Å²) in [5.74, 6) is -1.08. The number of carbonyl (C=O) groups excluding carboxylic acids is 3. The second-order valence-corrected chi connectivity index (χ2v) is 13.8. The molecule has 242 valence electrons. The maximum absolute atomic E-state index is 13.0. The number of imide groups is 1. The fourth-order valence-corrected chi connectivity index (χ4v) is 6.88. The monoisotopic (exact) mass is 649 g/mol. The van der Waals surface area contributed by atoms with Crippen molar-refractivity contribution in [3.63, 3.8) is 0 Å². The average Bonchev–Trinajstić information content (AvgIpc) is 3.33. The highest BCUT2D eigenvalue weighted by Crippen LogP contribution is 2.49. The van der Waals surface area contributed by atoms with Crippen LogP contribution in [0.5, 0.6) is 5.75 Å². The van der Waals surface area contributed by atoms with E-state index in [4.69, 9.17) is 0 Å². The fraction of sp³-hybridized carbons (Fsp3) is 0.400. The summed E-state index contributed by atoms with van der Waals surface area (Å²) in [5.41, 5.74) is 0.637. The van der Waals surface area contributed by atoms with Crippen LogP contribution in [-0.4, -0.2) is 79.6 Å². The molecular formula is C30H34F3N5O6S. The molecule has 0 aromatic heterocycles. The summed E-state index contributed by atoms with van der Waals surface area (Å²) >= 11 is 0. The maximum Gasteiger partial charge on any atom is 0.573 e. The Morgan fingerprint density at radius 3 is 2.22 bits per heavy atom. The highest BCUT2D eigenvalue weighted by molar-refractivity contribution is 8.24. The Hall–Kier alpha value is -3.92. The summed E-state index contributed by atoms with van der Waals surface area (Å²) in [5, 5.41) is 3.95. The van der Waals surface area contributed by atoms with E-state index < -0.39 is 45.9 Å². The number of nitrogens with zero attached hydrogens (tertiary/aromatic N) is 4. The molecule has 0 bridgehead atoms. The summed E-state index contributed by atoms with van der Waals surface area (Å²) in [7, 11) is -1.84. The van der Waals surface area contributed by atoms with E-state index in [1.54, 1.807) is 53.0 Å². The molecule has 0 unspecified atom stereocenters. The molecule has 0 radical (unpaired) electrons. The number of amidine groups is 1. The number of aryl methyl sites for hydroxylation is 2. The predicted molar refractivity (Wildman–Crippen MR) is 164 cm³/mol. The van der Waals surface area contributed by atoms with Gasteiger partial charge in [-0.2, -0.15) is 0 Å². The molecule has 2 aromatic carbocycles. The number of rotatable bonds is 6. The topological polar surface area (TPSA) is 135 Å². The molecular weight excluding hydrogens is 615 g/mol. The lowest BCUT2D eigenvalue weighted by atomic mass is 9.89. The Morgan fingerprint density at radius 1 is 1.04 bits per heavy atom. The highest BCUT2D eigenvalue weighted by Gasteiger charge is 2.50. The Bertz CT molecular complexity index is 1610. The summed E-state index contributed by atoms with van der Waals surface area (Å²) < 4.78 is 65.5.